The van der Waals surface area contributed by atoms with Crippen molar-refractivity contribution in [2.24, 2.45) is 5.73 Å². The van der Waals surface area contributed by atoms with Crippen LogP contribution in [0, 0.1) is 11.6 Å². The van der Waals surface area contributed by atoms with E-state index in [9.17, 15) is 8.78 Å². The van der Waals surface area contributed by atoms with E-state index in [1.165, 1.54) is 18.2 Å². The monoisotopic (exact) mass is 228 g/mol. The van der Waals surface area contributed by atoms with Gasteiger partial charge in [0, 0.05) is 11.6 Å². The van der Waals surface area contributed by atoms with Crippen LogP contribution in [0.15, 0.2) is 18.2 Å². The molecule has 2 N–H and O–H groups in total. The summed E-state index contributed by atoms with van der Waals surface area (Å²) in [5.41, 5.74) is 5.92. The Labute approximate surface area is 95.1 Å². The lowest BCUT2D eigenvalue weighted by Gasteiger charge is -2.15. The third kappa shape index (κ3) is 3.87. The van der Waals surface area contributed by atoms with Gasteiger partial charge in [-0.2, -0.15) is 0 Å². The molecule has 0 saturated heterocycles. The molecule has 0 spiro atoms. The van der Waals surface area contributed by atoms with Crippen LogP contribution in [0.4, 0.5) is 8.78 Å². The molecular formula is C12H18F2N2. The normalized spacial score (nSPS) is 13.1. The minimum absolute atomic E-state index is 0.0914. The summed E-state index contributed by atoms with van der Waals surface area (Å²) in [6.07, 6.45) is 0.965. The SMILES string of the molecule is CN(C)CCC(N)Cc1c(F)cccc1F. The van der Waals surface area contributed by atoms with Gasteiger partial charge in [-0.25, -0.2) is 8.78 Å². The maximum absolute atomic E-state index is 13.3. The molecule has 0 fully saturated rings. The van der Waals surface area contributed by atoms with Crippen molar-refractivity contribution < 1.29 is 8.78 Å². The van der Waals surface area contributed by atoms with E-state index in [4.69, 9.17) is 5.73 Å². The number of hydrogen-bond acceptors (Lipinski definition) is 2. The first kappa shape index (κ1) is 13.1. The highest BCUT2D eigenvalue weighted by molar-refractivity contribution is 5.20. The average molecular weight is 228 g/mol. The first-order valence-corrected chi connectivity index (χ1v) is 5.34. The third-order valence-electron chi connectivity index (χ3n) is 2.48. The van der Waals surface area contributed by atoms with Gasteiger partial charge in [0.15, 0.2) is 0 Å². The lowest BCUT2D eigenvalue weighted by Crippen LogP contribution is -2.28. The first-order valence-electron chi connectivity index (χ1n) is 5.34. The quantitative estimate of drug-likeness (QED) is 0.832. The molecule has 90 valence electrons. The number of benzene rings is 1. The number of rotatable bonds is 5. The lowest BCUT2D eigenvalue weighted by molar-refractivity contribution is 0.377. The highest BCUT2D eigenvalue weighted by atomic mass is 19.1. The van der Waals surface area contributed by atoms with Crippen LogP contribution in [-0.4, -0.2) is 31.6 Å². The molecule has 1 aromatic rings. The van der Waals surface area contributed by atoms with Crippen LogP contribution in [0.25, 0.3) is 0 Å². The highest BCUT2D eigenvalue weighted by Gasteiger charge is 2.12. The van der Waals surface area contributed by atoms with Crippen LogP contribution in [-0.2, 0) is 6.42 Å². The van der Waals surface area contributed by atoms with Crippen LogP contribution >= 0.6 is 0 Å². The second kappa shape index (κ2) is 5.92. The van der Waals surface area contributed by atoms with Crippen LogP contribution < -0.4 is 5.73 Å². The highest BCUT2D eigenvalue weighted by Crippen LogP contribution is 2.14. The van der Waals surface area contributed by atoms with Gasteiger partial charge in [-0.05, 0) is 45.6 Å². The molecule has 2 nitrogen and oxygen atoms in total. The van der Waals surface area contributed by atoms with Crippen LogP contribution in [0.2, 0.25) is 0 Å². The number of nitrogens with zero attached hydrogens (tertiary/aromatic N) is 1. The van der Waals surface area contributed by atoms with Crippen LogP contribution in [0.3, 0.4) is 0 Å². The van der Waals surface area contributed by atoms with Crippen molar-refractivity contribution in [1.29, 1.82) is 0 Å². The average Bonchev–Trinajstić information content (AvgIpc) is 2.21. The van der Waals surface area contributed by atoms with Crippen molar-refractivity contribution in [3.05, 3.63) is 35.4 Å². The number of halogens is 2. The van der Waals surface area contributed by atoms with Gasteiger partial charge in [0.05, 0.1) is 0 Å². The molecule has 0 heterocycles. The van der Waals surface area contributed by atoms with Gasteiger partial charge in [0.1, 0.15) is 11.6 Å². The van der Waals surface area contributed by atoms with Gasteiger partial charge < -0.3 is 10.6 Å². The molecule has 0 bridgehead atoms. The van der Waals surface area contributed by atoms with E-state index in [0.717, 1.165) is 13.0 Å². The molecule has 16 heavy (non-hydrogen) atoms. The van der Waals surface area contributed by atoms with E-state index in [1.54, 1.807) is 0 Å². The van der Waals surface area contributed by atoms with Gasteiger partial charge in [-0.1, -0.05) is 6.07 Å². The second-order valence-corrected chi connectivity index (χ2v) is 4.26. The zero-order valence-electron chi connectivity index (χ0n) is 9.71. The van der Waals surface area contributed by atoms with E-state index in [2.05, 4.69) is 0 Å². The lowest BCUT2D eigenvalue weighted by atomic mass is 10.0. The summed E-state index contributed by atoms with van der Waals surface area (Å²) in [5.74, 6) is -1.03. The van der Waals surface area contributed by atoms with Crippen LogP contribution in [0.1, 0.15) is 12.0 Å². The van der Waals surface area contributed by atoms with Crippen molar-refractivity contribution in [1.82, 2.24) is 4.90 Å². The molecular weight excluding hydrogens is 210 g/mol. The van der Waals surface area contributed by atoms with Gasteiger partial charge in [0.2, 0.25) is 0 Å². The number of hydrogen-bond donors (Lipinski definition) is 1. The second-order valence-electron chi connectivity index (χ2n) is 4.26. The van der Waals surface area contributed by atoms with Gasteiger partial charge in [0.25, 0.3) is 0 Å². The zero-order chi connectivity index (χ0) is 12.1. The Morgan fingerprint density at radius 1 is 1.25 bits per heavy atom. The Bertz CT molecular complexity index is 320. The fourth-order valence-corrected chi connectivity index (χ4v) is 1.52. The van der Waals surface area contributed by atoms with Crippen LogP contribution in [0.5, 0.6) is 0 Å². The number of nitrogens with two attached hydrogens (primary N) is 1. The van der Waals surface area contributed by atoms with Crippen molar-refractivity contribution in [3.63, 3.8) is 0 Å². The molecule has 0 aliphatic rings. The minimum Gasteiger partial charge on any atom is -0.327 e. The minimum atomic E-state index is -0.514. The summed E-state index contributed by atoms with van der Waals surface area (Å²) < 4.78 is 26.6. The standard InChI is InChI=1S/C12H18F2N2/c1-16(2)7-6-9(15)8-10-11(13)4-3-5-12(10)14/h3-5,9H,6-8,15H2,1-2H3. The van der Waals surface area contributed by atoms with E-state index in [0.29, 0.717) is 0 Å². The summed E-state index contributed by atoms with van der Waals surface area (Å²) in [5, 5.41) is 0. The summed E-state index contributed by atoms with van der Waals surface area (Å²) in [6, 6.07) is 3.67. The third-order valence-corrected chi connectivity index (χ3v) is 2.48. The van der Waals surface area contributed by atoms with Gasteiger partial charge in [-0.3, -0.25) is 0 Å². The van der Waals surface area contributed by atoms with Crippen molar-refractivity contribution >= 4 is 0 Å². The fourth-order valence-electron chi connectivity index (χ4n) is 1.52. The summed E-state index contributed by atoms with van der Waals surface area (Å²) in [6.45, 7) is 0.817. The van der Waals surface area contributed by atoms with Gasteiger partial charge in [-0.15, -0.1) is 0 Å². The molecule has 1 aromatic carbocycles. The Kier molecular flexibility index (Phi) is 4.83. The fraction of sp³-hybridized carbons (Fsp3) is 0.500. The smallest absolute Gasteiger partial charge is 0.129 e. The molecule has 0 aliphatic heterocycles. The maximum atomic E-state index is 13.3. The molecule has 0 amide bonds. The van der Waals surface area contributed by atoms with Gasteiger partial charge >= 0.3 is 0 Å². The Balaban J connectivity index is 2.59. The molecule has 1 rings (SSSR count). The molecule has 0 aromatic heterocycles. The molecule has 0 aliphatic carbocycles. The topological polar surface area (TPSA) is 29.3 Å². The molecule has 1 unspecified atom stereocenters. The predicted octanol–water partition coefficient (Wildman–Crippen LogP) is 1.79. The largest absolute Gasteiger partial charge is 0.327 e. The van der Waals surface area contributed by atoms with E-state index in [1.807, 2.05) is 19.0 Å². The molecule has 4 heteroatoms. The summed E-state index contributed by atoms with van der Waals surface area (Å²) in [7, 11) is 3.88. The summed E-state index contributed by atoms with van der Waals surface area (Å²) in [4.78, 5) is 2.00. The van der Waals surface area contributed by atoms with E-state index in [-0.39, 0.29) is 18.0 Å². The van der Waals surface area contributed by atoms with E-state index < -0.39 is 11.6 Å². The summed E-state index contributed by atoms with van der Waals surface area (Å²) >= 11 is 0. The Morgan fingerprint density at radius 3 is 2.31 bits per heavy atom. The predicted molar refractivity (Wildman–Crippen MR) is 61.2 cm³/mol. The van der Waals surface area contributed by atoms with E-state index >= 15 is 0 Å². The molecule has 0 saturated carbocycles. The maximum Gasteiger partial charge on any atom is 0.129 e. The Hall–Kier alpha value is -1.00. The van der Waals surface area contributed by atoms with Crippen molar-refractivity contribution in [2.75, 3.05) is 20.6 Å². The van der Waals surface area contributed by atoms with Crippen molar-refractivity contribution in [3.8, 4) is 0 Å². The first-order chi connectivity index (χ1) is 7.50. The van der Waals surface area contributed by atoms with Crippen molar-refractivity contribution in [2.45, 2.75) is 18.9 Å². The zero-order valence-corrected chi connectivity index (χ0v) is 9.71. The molecule has 0 radical (unpaired) electrons. The Morgan fingerprint density at radius 2 is 1.81 bits per heavy atom. The molecule has 1 atom stereocenters.